The van der Waals surface area contributed by atoms with Crippen molar-refractivity contribution >= 4 is 5.96 Å². The van der Waals surface area contributed by atoms with Gasteiger partial charge in [-0.1, -0.05) is 12.1 Å². The largest absolute Gasteiger partial charge is 0.497 e. The zero-order valence-electron chi connectivity index (χ0n) is 15.5. The minimum atomic E-state index is 0.590. The van der Waals surface area contributed by atoms with Crippen LogP contribution in [0.5, 0.6) is 5.75 Å². The molecule has 0 atom stereocenters. The average molecular weight is 360 g/mol. The average Bonchev–Trinajstić information content (AvgIpc) is 3.19. The number of benzene rings is 1. The number of H-pyrrole nitrogens is 1. The van der Waals surface area contributed by atoms with Crippen molar-refractivity contribution in [3.8, 4) is 5.75 Å². The number of aromatic nitrogens is 3. The van der Waals surface area contributed by atoms with E-state index in [4.69, 9.17) is 9.47 Å². The number of rotatable bonds is 11. The molecule has 1 heterocycles. The normalized spacial score (nSPS) is 11.4. The van der Waals surface area contributed by atoms with Gasteiger partial charge in [-0.05, 0) is 31.0 Å². The highest BCUT2D eigenvalue weighted by molar-refractivity contribution is 5.79. The van der Waals surface area contributed by atoms with Crippen molar-refractivity contribution in [2.45, 2.75) is 26.3 Å². The zero-order chi connectivity index (χ0) is 18.5. The Labute approximate surface area is 154 Å². The summed E-state index contributed by atoms with van der Waals surface area (Å²) in [6, 6.07) is 7.92. The zero-order valence-corrected chi connectivity index (χ0v) is 15.5. The monoisotopic (exact) mass is 360 g/mol. The van der Waals surface area contributed by atoms with Crippen molar-refractivity contribution < 1.29 is 9.47 Å². The number of methoxy groups -OCH3 is 1. The van der Waals surface area contributed by atoms with Gasteiger partial charge in [0, 0.05) is 32.7 Å². The molecule has 142 valence electrons. The summed E-state index contributed by atoms with van der Waals surface area (Å²) in [5.74, 6) is 2.47. The Kier molecular flexibility index (Phi) is 8.99. The molecule has 0 aliphatic heterocycles. The van der Waals surface area contributed by atoms with Crippen LogP contribution in [-0.2, 0) is 17.7 Å². The fourth-order valence-corrected chi connectivity index (χ4v) is 2.25. The van der Waals surface area contributed by atoms with Crippen molar-refractivity contribution in [1.82, 2.24) is 25.8 Å². The molecule has 0 saturated carbocycles. The lowest BCUT2D eigenvalue weighted by Gasteiger charge is -2.12. The van der Waals surface area contributed by atoms with Crippen LogP contribution < -0.4 is 15.4 Å². The molecule has 1 aromatic heterocycles. The third-order valence-corrected chi connectivity index (χ3v) is 3.66. The van der Waals surface area contributed by atoms with Gasteiger partial charge in [0.1, 0.15) is 17.9 Å². The summed E-state index contributed by atoms with van der Waals surface area (Å²) in [5, 5.41) is 13.4. The highest BCUT2D eigenvalue weighted by Gasteiger charge is 2.01. The van der Waals surface area contributed by atoms with E-state index in [1.165, 1.54) is 6.33 Å². The first kappa shape index (κ1) is 19.7. The molecular weight excluding hydrogens is 332 g/mol. The number of aromatic amines is 1. The Bertz CT molecular complexity index is 628. The number of hydrogen-bond acceptors (Lipinski definition) is 5. The third-order valence-electron chi connectivity index (χ3n) is 3.66. The molecule has 3 N–H and O–H groups in total. The summed E-state index contributed by atoms with van der Waals surface area (Å²) in [5.41, 5.74) is 1.12. The second-order valence-corrected chi connectivity index (χ2v) is 5.60. The molecule has 2 aromatic rings. The van der Waals surface area contributed by atoms with E-state index in [2.05, 4.69) is 30.8 Å². The van der Waals surface area contributed by atoms with Crippen molar-refractivity contribution in [1.29, 1.82) is 0 Å². The molecule has 2 rings (SSSR count). The molecule has 8 heteroatoms. The summed E-state index contributed by atoms with van der Waals surface area (Å²) in [4.78, 5) is 8.78. The van der Waals surface area contributed by atoms with Crippen LogP contribution in [0.1, 0.15) is 24.7 Å². The van der Waals surface area contributed by atoms with Gasteiger partial charge >= 0.3 is 0 Å². The molecular formula is C18H28N6O2. The van der Waals surface area contributed by atoms with E-state index in [9.17, 15) is 0 Å². The van der Waals surface area contributed by atoms with Gasteiger partial charge in [0.05, 0.1) is 13.7 Å². The smallest absolute Gasteiger partial charge is 0.191 e. The van der Waals surface area contributed by atoms with Crippen molar-refractivity contribution in [3.05, 3.63) is 42.0 Å². The highest BCUT2D eigenvalue weighted by Crippen LogP contribution is 2.11. The summed E-state index contributed by atoms with van der Waals surface area (Å²) in [7, 11) is 1.66. The van der Waals surface area contributed by atoms with Gasteiger partial charge in [0.2, 0.25) is 0 Å². The molecule has 0 radical (unpaired) electrons. The summed E-state index contributed by atoms with van der Waals surface area (Å²) >= 11 is 0. The maximum absolute atomic E-state index is 5.37. The molecule has 26 heavy (non-hydrogen) atoms. The minimum absolute atomic E-state index is 0.590. The Morgan fingerprint density at radius 1 is 1.19 bits per heavy atom. The first-order valence-electron chi connectivity index (χ1n) is 8.89. The first-order valence-corrected chi connectivity index (χ1v) is 8.89. The number of aliphatic imine (C=N–C) groups is 1. The van der Waals surface area contributed by atoms with E-state index in [1.807, 2.05) is 31.2 Å². The summed E-state index contributed by atoms with van der Waals surface area (Å²) < 4.78 is 10.5. The maximum Gasteiger partial charge on any atom is 0.191 e. The Morgan fingerprint density at radius 3 is 2.69 bits per heavy atom. The summed E-state index contributed by atoms with van der Waals surface area (Å²) in [6.45, 7) is 5.60. The second kappa shape index (κ2) is 11.9. The number of nitrogens with zero attached hydrogens (tertiary/aromatic N) is 3. The van der Waals surface area contributed by atoms with Gasteiger partial charge in [-0.25, -0.2) is 9.98 Å². The van der Waals surface area contributed by atoms with Gasteiger partial charge in [-0.2, -0.15) is 5.10 Å². The van der Waals surface area contributed by atoms with Gasteiger partial charge in [0.25, 0.3) is 0 Å². The van der Waals surface area contributed by atoms with E-state index in [0.717, 1.165) is 62.2 Å². The molecule has 0 aliphatic carbocycles. The highest BCUT2D eigenvalue weighted by atomic mass is 16.5. The Morgan fingerprint density at radius 2 is 2.00 bits per heavy atom. The molecule has 0 unspecified atom stereocenters. The van der Waals surface area contributed by atoms with Gasteiger partial charge in [-0.3, -0.25) is 5.10 Å². The standard InChI is InChI=1S/C18H28N6O2/c1-3-26-12-4-10-19-18(20-11-9-17-22-14-23-24-17)21-13-15-5-7-16(25-2)8-6-15/h5-8,14H,3-4,9-13H2,1-2H3,(H2,19,20,21)(H,22,23,24). The van der Waals surface area contributed by atoms with Crippen molar-refractivity contribution in [2.24, 2.45) is 4.99 Å². The molecule has 0 spiro atoms. The molecule has 0 aliphatic rings. The molecule has 8 nitrogen and oxygen atoms in total. The Hall–Kier alpha value is -2.61. The molecule has 0 bridgehead atoms. The van der Waals surface area contributed by atoms with Gasteiger partial charge < -0.3 is 20.1 Å². The summed E-state index contributed by atoms with van der Waals surface area (Å²) in [6.07, 6.45) is 3.20. The number of hydrogen-bond donors (Lipinski definition) is 3. The predicted molar refractivity (Wildman–Crippen MR) is 101 cm³/mol. The SMILES string of the molecule is CCOCCCNC(=NCc1ccc(OC)cc1)NCCc1ncn[nH]1. The molecule has 0 saturated heterocycles. The van der Waals surface area contributed by atoms with E-state index < -0.39 is 0 Å². The van der Waals surface area contributed by atoms with Gasteiger partial charge in [0.15, 0.2) is 5.96 Å². The van der Waals surface area contributed by atoms with Crippen molar-refractivity contribution in [2.75, 3.05) is 33.4 Å². The molecule has 0 fully saturated rings. The van der Waals surface area contributed by atoms with Gasteiger partial charge in [-0.15, -0.1) is 0 Å². The molecule has 0 amide bonds. The van der Waals surface area contributed by atoms with Crippen LogP contribution in [0, 0.1) is 0 Å². The fraction of sp³-hybridized carbons (Fsp3) is 0.500. The Balaban J connectivity index is 1.84. The van der Waals surface area contributed by atoms with E-state index in [-0.39, 0.29) is 0 Å². The predicted octanol–water partition coefficient (Wildman–Crippen LogP) is 1.52. The third kappa shape index (κ3) is 7.52. The number of nitrogens with one attached hydrogen (secondary N) is 3. The second-order valence-electron chi connectivity index (χ2n) is 5.60. The first-order chi connectivity index (χ1) is 12.8. The number of ether oxygens (including phenoxy) is 2. The lowest BCUT2D eigenvalue weighted by Crippen LogP contribution is -2.39. The fourth-order valence-electron chi connectivity index (χ4n) is 2.25. The lowest BCUT2D eigenvalue weighted by molar-refractivity contribution is 0.145. The van der Waals surface area contributed by atoms with Crippen LogP contribution in [0.15, 0.2) is 35.6 Å². The number of guanidine groups is 1. The van der Waals surface area contributed by atoms with E-state index in [1.54, 1.807) is 7.11 Å². The van der Waals surface area contributed by atoms with Crippen LogP contribution in [0.4, 0.5) is 0 Å². The van der Waals surface area contributed by atoms with E-state index in [0.29, 0.717) is 6.54 Å². The van der Waals surface area contributed by atoms with E-state index >= 15 is 0 Å². The minimum Gasteiger partial charge on any atom is -0.497 e. The maximum atomic E-state index is 5.37. The van der Waals surface area contributed by atoms with Crippen LogP contribution >= 0.6 is 0 Å². The topological polar surface area (TPSA) is 96.4 Å². The van der Waals surface area contributed by atoms with Crippen LogP contribution in [0.25, 0.3) is 0 Å². The molecule has 1 aromatic carbocycles. The van der Waals surface area contributed by atoms with Crippen molar-refractivity contribution in [3.63, 3.8) is 0 Å². The van der Waals surface area contributed by atoms with Crippen LogP contribution in [0.2, 0.25) is 0 Å². The van der Waals surface area contributed by atoms with Crippen LogP contribution in [-0.4, -0.2) is 54.6 Å². The van der Waals surface area contributed by atoms with Crippen LogP contribution in [0.3, 0.4) is 0 Å². The quantitative estimate of drug-likeness (QED) is 0.319. The lowest BCUT2D eigenvalue weighted by atomic mass is 10.2.